The molecule has 0 spiro atoms. The average molecular weight is 595 g/mol. The van der Waals surface area contributed by atoms with Gasteiger partial charge in [-0.1, -0.05) is 77.6 Å². The molecule has 0 unspecified atom stereocenters. The molecule has 1 aromatic heterocycles. The van der Waals surface area contributed by atoms with Crippen LogP contribution in [0.4, 0.5) is 30.2 Å². The quantitative estimate of drug-likeness (QED) is 0.179. The zero-order valence-electron chi connectivity index (χ0n) is 25.8. The smallest absolute Gasteiger partial charge is 0.395 e. The third-order valence-corrected chi connectivity index (χ3v) is 7.12. The van der Waals surface area contributed by atoms with Gasteiger partial charge in [0.15, 0.2) is 0 Å². The van der Waals surface area contributed by atoms with E-state index in [0.29, 0.717) is 11.6 Å². The maximum absolute atomic E-state index is 12.8. The minimum Gasteiger partial charge on any atom is -0.395 e. The van der Waals surface area contributed by atoms with Gasteiger partial charge in [0.2, 0.25) is 0 Å². The Morgan fingerprint density at radius 3 is 1.57 bits per heavy atom. The number of anilines is 3. The van der Waals surface area contributed by atoms with E-state index in [4.69, 9.17) is 11.1 Å². The summed E-state index contributed by atoms with van der Waals surface area (Å²) >= 11 is 0. The molecule has 0 amide bonds. The number of hydrogen-bond acceptors (Lipinski definition) is 4. The average Bonchev–Trinajstić information content (AvgIpc) is 2.96. The Hall–Kier alpha value is -4.83. The molecule has 0 atom stereocenters. The molecular weight excluding hydrogens is 557 g/mol. The van der Waals surface area contributed by atoms with Crippen molar-refractivity contribution in [2.24, 2.45) is 5.73 Å². The largest absolute Gasteiger partial charge is 0.430 e. The van der Waals surface area contributed by atoms with Crippen LogP contribution in [0, 0.1) is 17.3 Å². The second-order valence-electron chi connectivity index (χ2n) is 12.7. The number of pyridine rings is 1. The number of nitrogens with one attached hydrogen (secondary N) is 1. The summed E-state index contributed by atoms with van der Waals surface area (Å²) in [5, 5.41) is 7.95. The first-order valence-electron chi connectivity index (χ1n) is 14.2. The number of benzene rings is 3. The fourth-order valence-corrected chi connectivity index (χ4v) is 4.47. The van der Waals surface area contributed by atoms with Crippen molar-refractivity contribution in [2.45, 2.75) is 58.5 Å². The van der Waals surface area contributed by atoms with Crippen molar-refractivity contribution in [2.75, 3.05) is 4.90 Å². The highest BCUT2D eigenvalue weighted by Gasteiger charge is 2.31. The minimum atomic E-state index is -4.71. The Kier molecular flexibility index (Phi) is 9.06. The summed E-state index contributed by atoms with van der Waals surface area (Å²) < 4.78 is 38.3. The Morgan fingerprint density at radius 1 is 0.705 bits per heavy atom. The molecule has 0 saturated heterocycles. The van der Waals surface area contributed by atoms with Crippen LogP contribution in [0.1, 0.15) is 69.5 Å². The van der Waals surface area contributed by atoms with Gasteiger partial charge in [0.25, 0.3) is 0 Å². The maximum Gasteiger partial charge on any atom is 0.430 e. The molecule has 7 heteroatoms. The molecule has 3 N–H and O–H groups in total. The molecule has 4 nitrogen and oxygen atoms in total. The van der Waals surface area contributed by atoms with E-state index in [9.17, 15) is 13.2 Å². The van der Waals surface area contributed by atoms with Crippen LogP contribution in [-0.4, -0.2) is 16.9 Å². The topological polar surface area (TPSA) is 66.0 Å². The summed E-state index contributed by atoms with van der Waals surface area (Å²) in [6.07, 6.45) is -2.75. The normalized spacial score (nSPS) is 12.3. The highest BCUT2D eigenvalue weighted by molar-refractivity contribution is 6.05. The summed E-state index contributed by atoms with van der Waals surface area (Å²) in [6, 6.07) is 28.2. The van der Waals surface area contributed by atoms with Gasteiger partial charge in [-0.25, -0.2) is 0 Å². The lowest BCUT2D eigenvalue weighted by atomic mass is 9.86. The van der Waals surface area contributed by atoms with Crippen LogP contribution in [0.5, 0.6) is 0 Å². The SMILES string of the molecule is CC(C)(C)c1ccc(N(c2ccc(C#Cc3ccnc(C(=N)C=C(N)C(F)(F)F)c3)cc2)c2ccc(C(C)(C)C)cc2)cc1. The van der Waals surface area contributed by atoms with Crippen molar-refractivity contribution < 1.29 is 13.2 Å². The zero-order valence-corrected chi connectivity index (χ0v) is 25.8. The van der Waals surface area contributed by atoms with Crippen molar-refractivity contribution >= 4 is 22.8 Å². The molecule has 0 aliphatic rings. The number of aromatic nitrogens is 1. The van der Waals surface area contributed by atoms with Crippen molar-refractivity contribution in [1.29, 1.82) is 5.41 Å². The number of rotatable bonds is 5. The second-order valence-corrected chi connectivity index (χ2v) is 12.7. The summed E-state index contributed by atoms with van der Waals surface area (Å²) in [7, 11) is 0. The van der Waals surface area contributed by atoms with Gasteiger partial charge in [0.1, 0.15) is 5.70 Å². The number of alkyl halides is 3. The van der Waals surface area contributed by atoms with Gasteiger partial charge in [-0.05, 0) is 88.7 Å². The Morgan fingerprint density at radius 2 is 1.14 bits per heavy atom. The van der Waals surface area contributed by atoms with Crippen LogP contribution < -0.4 is 10.6 Å². The van der Waals surface area contributed by atoms with Gasteiger partial charge in [-0.3, -0.25) is 10.4 Å². The first kappa shape index (κ1) is 32.1. The third kappa shape index (κ3) is 7.96. The maximum atomic E-state index is 12.8. The van der Waals surface area contributed by atoms with Crippen molar-refractivity contribution in [1.82, 2.24) is 4.98 Å². The van der Waals surface area contributed by atoms with Crippen molar-refractivity contribution in [3.05, 3.63) is 131 Å². The van der Waals surface area contributed by atoms with Gasteiger partial charge in [0, 0.05) is 34.4 Å². The summed E-state index contributed by atoms with van der Waals surface area (Å²) in [5.41, 5.74) is 10.2. The van der Waals surface area contributed by atoms with E-state index in [1.54, 1.807) is 6.07 Å². The van der Waals surface area contributed by atoms with E-state index in [1.807, 2.05) is 24.3 Å². The Labute approximate surface area is 258 Å². The summed E-state index contributed by atoms with van der Waals surface area (Å²) in [4.78, 5) is 6.20. The molecule has 4 rings (SSSR count). The van der Waals surface area contributed by atoms with Gasteiger partial charge < -0.3 is 10.6 Å². The molecule has 226 valence electrons. The van der Waals surface area contributed by atoms with Crippen LogP contribution in [0.3, 0.4) is 0 Å². The Balaban J connectivity index is 1.64. The molecule has 0 aliphatic heterocycles. The lowest BCUT2D eigenvalue weighted by molar-refractivity contribution is -0.0925. The molecule has 0 radical (unpaired) electrons. The van der Waals surface area contributed by atoms with E-state index in [1.165, 1.54) is 23.4 Å². The number of hydrogen-bond donors (Lipinski definition) is 2. The van der Waals surface area contributed by atoms with Crippen LogP contribution in [0.25, 0.3) is 0 Å². The fraction of sp³-hybridized carbons (Fsp3) is 0.243. The molecule has 1 heterocycles. The first-order valence-corrected chi connectivity index (χ1v) is 14.2. The summed E-state index contributed by atoms with van der Waals surface area (Å²) in [6.45, 7) is 13.2. The predicted octanol–water partition coefficient (Wildman–Crippen LogP) is 9.32. The van der Waals surface area contributed by atoms with E-state index in [-0.39, 0.29) is 16.5 Å². The van der Waals surface area contributed by atoms with Crippen LogP contribution in [-0.2, 0) is 10.8 Å². The molecule has 4 aromatic rings. The van der Waals surface area contributed by atoms with Crippen LogP contribution in [0.2, 0.25) is 0 Å². The molecular formula is C37H37F3N4. The second kappa shape index (κ2) is 12.4. The first-order chi connectivity index (χ1) is 20.5. The van der Waals surface area contributed by atoms with Gasteiger partial charge in [-0.2, -0.15) is 13.2 Å². The molecule has 0 fully saturated rings. The number of allylic oxidation sites excluding steroid dienone is 2. The highest BCUT2D eigenvalue weighted by Crippen LogP contribution is 2.37. The standard InChI is InChI=1S/C37H37F3N4/c1-35(2,3)27-11-17-30(18-12-27)44(31-19-13-28(14-20-31)36(4,5)6)29-15-9-25(10-16-29)7-8-26-21-22-43-33(23-26)32(41)24-34(42)37(38,39)40/h9-24,41H,42H2,1-6H3. The van der Waals surface area contributed by atoms with Crippen LogP contribution in [0.15, 0.2) is 103 Å². The number of nitrogens with two attached hydrogens (primary N) is 1. The predicted molar refractivity (Wildman–Crippen MR) is 174 cm³/mol. The van der Waals surface area contributed by atoms with E-state index in [0.717, 1.165) is 22.6 Å². The van der Waals surface area contributed by atoms with Crippen LogP contribution >= 0.6 is 0 Å². The minimum absolute atomic E-state index is 0.0427. The highest BCUT2D eigenvalue weighted by atomic mass is 19.4. The molecule has 3 aromatic carbocycles. The number of nitrogens with zero attached hydrogens (tertiary/aromatic N) is 2. The fourth-order valence-electron chi connectivity index (χ4n) is 4.47. The zero-order chi connectivity index (χ0) is 32.3. The lowest BCUT2D eigenvalue weighted by Gasteiger charge is -2.28. The van der Waals surface area contributed by atoms with Crippen molar-refractivity contribution in [3.8, 4) is 11.8 Å². The van der Waals surface area contributed by atoms with Gasteiger partial charge in [-0.15, -0.1) is 0 Å². The Bertz CT molecular complexity index is 1650. The third-order valence-electron chi connectivity index (χ3n) is 7.12. The number of halogens is 3. The van der Waals surface area contributed by atoms with E-state index >= 15 is 0 Å². The molecule has 0 aliphatic carbocycles. The molecule has 0 bridgehead atoms. The van der Waals surface area contributed by atoms with Gasteiger partial charge >= 0.3 is 6.18 Å². The van der Waals surface area contributed by atoms with Crippen molar-refractivity contribution in [3.63, 3.8) is 0 Å². The monoisotopic (exact) mass is 594 g/mol. The van der Waals surface area contributed by atoms with E-state index < -0.39 is 17.6 Å². The molecule has 0 saturated carbocycles. The lowest BCUT2D eigenvalue weighted by Crippen LogP contribution is -2.20. The molecule has 44 heavy (non-hydrogen) atoms. The van der Waals surface area contributed by atoms with Gasteiger partial charge in [0.05, 0.1) is 11.4 Å². The summed E-state index contributed by atoms with van der Waals surface area (Å²) in [5.74, 6) is 6.12. The van der Waals surface area contributed by atoms with E-state index in [2.05, 4.69) is 112 Å².